The zero-order valence-corrected chi connectivity index (χ0v) is 13.5. The van der Waals surface area contributed by atoms with Gasteiger partial charge in [-0.25, -0.2) is 9.59 Å². The molecule has 0 fully saturated rings. The van der Waals surface area contributed by atoms with Crippen molar-refractivity contribution in [3.05, 3.63) is 65.9 Å². The molecule has 3 aromatic rings. The van der Waals surface area contributed by atoms with E-state index < -0.39 is 18.0 Å². The maximum absolute atomic E-state index is 12.3. The van der Waals surface area contributed by atoms with Gasteiger partial charge < -0.3 is 15.0 Å². The fourth-order valence-corrected chi connectivity index (χ4v) is 2.56. The molecule has 1 atom stereocenters. The highest BCUT2D eigenvalue weighted by Crippen LogP contribution is 2.22. The van der Waals surface area contributed by atoms with Crippen LogP contribution in [0.25, 0.3) is 10.9 Å². The summed E-state index contributed by atoms with van der Waals surface area (Å²) < 4.78 is 5.01. The Morgan fingerprint density at radius 1 is 1.04 bits per heavy atom. The number of para-hydroxylation sites is 2. The predicted octanol–water partition coefficient (Wildman–Crippen LogP) is 3.66. The van der Waals surface area contributed by atoms with E-state index in [4.69, 9.17) is 4.74 Å². The van der Waals surface area contributed by atoms with Gasteiger partial charge in [-0.15, -0.1) is 0 Å². The lowest BCUT2D eigenvalue weighted by Crippen LogP contribution is -2.30. The van der Waals surface area contributed by atoms with Gasteiger partial charge in [0.1, 0.15) is 11.7 Å². The van der Waals surface area contributed by atoms with Gasteiger partial charge in [-0.3, -0.25) is 0 Å². The number of H-pyrrole nitrogens is 1. The van der Waals surface area contributed by atoms with E-state index in [0.717, 1.165) is 22.2 Å². The van der Waals surface area contributed by atoms with Crippen LogP contribution in [0, 0.1) is 6.92 Å². The number of carbonyl (C=O) groups is 2. The number of aromatic nitrogens is 1. The van der Waals surface area contributed by atoms with Crippen LogP contribution in [0.3, 0.4) is 0 Å². The van der Waals surface area contributed by atoms with E-state index in [0.29, 0.717) is 5.69 Å². The number of hydrogen-bond acceptors (Lipinski definition) is 4. The Hall–Kier alpha value is -3.08. The highest BCUT2D eigenvalue weighted by Gasteiger charge is 2.22. The lowest BCUT2D eigenvalue weighted by Gasteiger charge is -2.13. The summed E-state index contributed by atoms with van der Waals surface area (Å²) in [7, 11) is 0. The second-order valence-corrected chi connectivity index (χ2v) is 5.61. The molecule has 3 rings (SSSR count). The summed E-state index contributed by atoms with van der Waals surface area (Å²) in [6, 6.07) is 16.2. The summed E-state index contributed by atoms with van der Waals surface area (Å²) in [4.78, 5) is 27.4. The minimum absolute atomic E-state index is 0.302. The predicted molar refractivity (Wildman–Crippen MR) is 93.0 cm³/mol. The summed E-state index contributed by atoms with van der Waals surface area (Å²) in [6.45, 7) is 3.48. The van der Waals surface area contributed by atoms with Crippen molar-refractivity contribution in [3.8, 4) is 0 Å². The third-order valence-electron chi connectivity index (χ3n) is 3.87. The Kier molecular flexibility index (Phi) is 4.33. The molecule has 0 aliphatic rings. The van der Waals surface area contributed by atoms with Crippen molar-refractivity contribution in [3.63, 3.8) is 0 Å². The Balaban J connectivity index is 1.71. The normalized spacial score (nSPS) is 11.9. The molecule has 0 spiro atoms. The first-order valence-electron chi connectivity index (χ1n) is 7.71. The van der Waals surface area contributed by atoms with Gasteiger partial charge >= 0.3 is 11.9 Å². The van der Waals surface area contributed by atoms with Crippen molar-refractivity contribution in [1.29, 1.82) is 0 Å². The van der Waals surface area contributed by atoms with Gasteiger partial charge in [-0.1, -0.05) is 36.4 Å². The third kappa shape index (κ3) is 3.15. The van der Waals surface area contributed by atoms with Gasteiger partial charge in [0.25, 0.3) is 0 Å². The van der Waals surface area contributed by atoms with E-state index in [9.17, 15) is 9.59 Å². The first kappa shape index (κ1) is 15.8. The number of aryl methyl sites for hydroxylation is 1. The molecule has 0 aliphatic carbocycles. The first-order valence-corrected chi connectivity index (χ1v) is 7.71. The fourth-order valence-electron chi connectivity index (χ4n) is 2.56. The Morgan fingerprint density at radius 3 is 2.42 bits per heavy atom. The van der Waals surface area contributed by atoms with Crippen molar-refractivity contribution in [2.24, 2.45) is 0 Å². The highest BCUT2D eigenvalue weighted by atomic mass is 16.6. The van der Waals surface area contributed by atoms with E-state index in [1.54, 1.807) is 6.92 Å². The van der Waals surface area contributed by atoms with Crippen molar-refractivity contribution in [2.75, 3.05) is 5.32 Å². The zero-order chi connectivity index (χ0) is 17.1. The number of esters is 2. The van der Waals surface area contributed by atoms with Crippen molar-refractivity contribution < 1.29 is 14.3 Å². The molecule has 5 nitrogen and oxygen atoms in total. The molecule has 5 heteroatoms. The lowest BCUT2D eigenvalue weighted by atomic mass is 10.1. The van der Waals surface area contributed by atoms with Gasteiger partial charge in [0.15, 0.2) is 0 Å². The van der Waals surface area contributed by atoms with E-state index in [2.05, 4.69) is 10.3 Å². The number of carbonyl (C=O) groups excluding carboxylic acids is 2. The molecule has 0 unspecified atom stereocenters. The molecule has 1 heterocycles. The maximum atomic E-state index is 12.3. The topological polar surface area (TPSA) is 71.2 Å². The number of hydrogen-bond donors (Lipinski definition) is 2. The summed E-state index contributed by atoms with van der Waals surface area (Å²) in [5, 5.41) is 3.94. The molecular formula is C19H18N2O3. The highest BCUT2D eigenvalue weighted by molar-refractivity contribution is 6.02. The Labute approximate surface area is 139 Å². The molecule has 122 valence electrons. The lowest BCUT2D eigenvalue weighted by molar-refractivity contribution is -0.138. The number of aromatic amines is 1. The van der Waals surface area contributed by atoms with Crippen LogP contribution in [0.4, 0.5) is 5.69 Å². The second-order valence-electron chi connectivity index (χ2n) is 5.61. The second kappa shape index (κ2) is 6.58. The molecule has 24 heavy (non-hydrogen) atoms. The van der Waals surface area contributed by atoms with Crippen LogP contribution >= 0.6 is 0 Å². The molecule has 1 aromatic heterocycles. The SMILES string of the molecule is Cc1c(C(=O)OC(=O)[C@H](C)Nc2ccccc2)[nH]c2ccccc12. The monoisotopic (exact) mass is 322 g/mol. The van der Waals surface area contributed by atoms with Crippen LogP contribution in [-0.2, 0) is 9.53 Å². The van der Waals surface area contributed by atoms with E-state index >= 15 is 0 Å². The van der Waals surface area contributed by atoms with Crippen LogP contribution in [0.1, 0.15) is 23.0 Å². The molecule has 0 bridgehead atoms. The average molecular weight is 322 g/mol. The standard InChI is InChI=1S/C19H18N2O3/c1-12-15-10-6-7-11-16(15)21-17(12)19(23)24-18(22)13(2)20-14-8-4-3-5-9-14/h3-11,13,20-21H,1-2H3/t13-/m0/s1. The molecule has 2 N–H and O–H groups in total. The summed E-state index contributed by atoms with van der Waals surface area (Å²) in [5.41, 5.74) is 2.70. The average Bonchev–Trinajstić information content (AvgIpc) is 2.93. The van der Waals surface area contributed by atoms with Gasteiger partial charge in [0, 0.05) is 16.6 Å². The van der Waals surface area contributed by atoms with Gasteiger partial charge in [0.2, 0.25) is 0 Å². The fraction of sp³-hybridized carbons (Fsp3) is 0.158. The quantitative estimate of drug-likeness (QED) is 0.568. The Bertz CT molecular complexity index is 884. The van der Waals surface area contributed by atoms with Crippen LogP contribution < -0.4 is 5.32 Å². The van der Waals surface area contributed by atoms with Crippen molar-refractivity contribution >= 4 is 28.5 Å². The molecule has 0 saturated carbocycles. The van der Waals surface area contributed by atoms with Gasteiger partial charge in [-0.05, 0) is 37.6 Å². The molecule has 0 radical (unpaired) electrons. The van der Waals surface area contributed by atoms with E-state index in [1.807, 2.05) is 61.5 Å². The molecular weight excluding hydrogens is 304 g/mol. The Morgan fingerprint density at radius 2 is 1.71 bits per heavy atom. The summed E-state index contributed by atoms with van der Waals surface area (Å²) in [6.07, 6.45) is 0. The van der Waals surface area contributed by atoms with Crippen LogP contribution in [0.5, 0.6) is 0 Å². The number of benzene rings is 2. The number of nitrogens with one attached hydrogen (secondary N) is 2. The van der Waals surface area contributed by atoms with E-state index in [1.165, 1.54) is 0 Å². The number of fused-ring (bicyclic) bond motifs is 1. The third-order valence-corrected chi connectivity index (χ3v) is 3.87. The minimum atomic E-state index is -0.671. The van der Waals surface area contributed by atoms with Crippen LogP contribution in [0.2, 0.25) is 0 Å². The van der Waals surface area contributed by atoms with Crippen LogP contribution in [-0.4, -0.2) is 23.0 Å². The summed E-state index contributed by atoms with van der Waals surface area (Å²) in [5.74, 6) is -1.29. The molecule has 0 aliphatic heterocycles. The van der Waals surface area contributed by atoms with Gasteiger partial charge in [-0.2, -0.15) is 0 Å². The summed E-state index contributed by atoms with van der Waals surface area (Å²) >= 11 is 0. The van der Waals surface area contributed by atoms with Crippen molar-refractivity contribution in [1.82, 2.24) is 4.98 Å². The molecule has 0 saturated heterocycles. The largest absolute Gasteiger partial charge is 0.387 e. The molecule has 0 amide bonds. The number of anilines is 1. The zero-order valence-electron chi connectivity index (χ0n) is 13.5. The maximum Gasteiger partial charge on any atom is 0.362 e. The minimum Gasteiger partial charge on any atom is -0.387 e. The molecule has 2 aromatic carbocycles. The first-order chi connectivity index (χ1) is 11.6. The van der Waals surface area contributed by atoms with E-state index in [-0.39, 0.29) is 0 Å². The number of rotatable bonds is 4. The smallest absolute Gasteiger partial charge is 0.362 e. The van der Waals surface area contributed by atoms with Gasteiger partial charge in [0.05, 0.1) is 0 Å². The van der Waals surface area contributed by atoms with Crippen molar-refractivity contribution in [2.45, 2.75) is 19.9 Å². The number of ether oxygens (including phenoxy) is 1. The van der Waals surface area contributed by atoms with Crippen LogP contribution in [0.15, 0.2) is 54.6 Å².